The average Bonchev–Trinajstić information content (AvgIpc) is 0.846. The summed E-state index contributed by atoms with van der Waals surface area (Å²) in [6, 6.07) is 23.2. The van der Waals surface area contributed by atoms with E-state index < -0.39 is 91.0 Å². The van der Waals surface area contributed by atoms with Gasteiger partial charge in [-0.1, -0.05) is 54.1 Å². The maximum atomic E-state index is 12.6. The molecule has 28 nitrogen and oxygen atoms in total. The lowest BCUT2D eigenvalue weighted by atomic mass is 10.1. The number of halogens is 13. The van der Waals surface area contributed by atoms with Crippen molar-refractivity contribution in [2.45, 2.75) is 208 Å². The maximum Gasteiger partial charge on any atom is 0.425 e. The molecule has 4 atom stereocenters. The molecule has 4 heterocycles. The van der Waals surface area contributed by atoms with Crippen molar-refractivity contribution >= 4 is 71.2 Å². The summed E-state index contributed by atoms with van der Waals surface area (Å²) in [5, 5.41) is 24.7. The monoisotopic (exact) mass is 1830 g/mol. The van der Waals surface area contributed by atoms with Crippen LogP contribution in [0.1, 0.15) is 146 Å². The van der Waals surface area contributed by atoms with Crippen molar-refractivity contribution in [3.8, 4) is 11.5 Å². The number of esters is 2. The fraction of sp³-hybridized carbons (Fsp3) is 0.624. The molecule has 4 fully saturated rings. The Bertz CT molecular complexity index is 3970. The lowest BCUT2D eigenvalue weighted by Crippen LogP contribution is -2.49. The second-order valence-corrected chi connectivity index (χ2v) is 32.1. The highest BCUT2D eigenvalue weighted by Gasteiger charge is 2.44. The number of benzene rings is 4. The van der Waals surface area contributed by atoms with Crippen LogP contribution >= 0.6 is 11.6 Å². The van der Waals surface area contributed by atoms with Gasteiger partial charge in [0.1, 0.15) is 17.1 Å². The molecule has 41 heteroatoms. The van der Waals surface area contributed by atoms with E-state index in [4.69, 9.17) is 40.8 Å². The van der Waals surface area contributed by atoms with Crippen LogP contribution in [0.5, 0.6) is 11.5 Å². The van der Waals surface area contributed by atoms with E-state index in [0.29, 0.717) is 186 Å². The van der Waals surface area contributed by atoms with E-state index in [0.717, 1.165) is 78.0 Å². The highest BCUT2D eigenvalue weighted by molar-refractivity contribution is 6.30. The molecule has 0 radical (unpaired) electrons. The van der Waals surface area contributed by atoms with Gasteiger partial charge in [0.15, 0.2) is 24.4 Å². The van der Waals surface area contributed by atoms with Crippen LogP contribution in [0.25, 0.3) is 0 Å². The number of carboxylic acid groups (broad SMARTS) is 2. The predicted molar refractivity (Wildman–Crippen MR) is 443 cm³/mol. The number of carboxylic acids is 2. The third-order valence-electron chi connectivity index (χ3n) is 19.9. The van der Waals surface area contributed by atoms with Gasteiger partial charge in [-0.2, -0.15) is 52.7 Å². The molecule has 4 aromatic carbocycles. The lowest BCUT2D eigenvalue weighted by molar-refractivity contribution is -0.200. The summed E-state index contributed by atoms with van der Waals surface area (Å²) >= 11 is 6.02. The Morgan fingerprint density at radius 2 is 0.683 bits per heavy atom. The molecule has 126 heavy (non-hydrogen) atoms. The number of carbonyl (C=O) groups is 8. The molecule has 4 N–H and O–H groups in total. The number of carbonyl (C=O) groups excluding carboxylic acids is 6. The molecular formula is C85H119ClF12N10O18. The molecule has 0 aromatic heterocycles. The zero-order valence-electron chi connectivity index (χ0n) is 73.0. The second-order valence-electron chi connectivity index (χ2n) is 31.7. The normalized spacial score (nSPS) is 16.1. The van der Waals surface area contributed by atoms with Crippen molar-refractivity contribution in [1.82, 2.24) is 39.2 Å². The molecule has 4 aromatic rings. The number of aliphatic carboxylic acids is 2. The SMILES string of the molecule is CC(OC(=O)N1CCN(Cc2ccc(Cl)cc2OCCCC(=O)O)CC1)C(F)(F)F.CCOC(=O)CCCNc1cc(C)ccc1CN1CCN(C(=O)OC(C)C(F)(F)F)CC1.Cc1ccc(CN2CCN(C(=O)OC(C)C(F)(F)F)CC2)c(NCCCC(=O)OC(C)(C)C)c1.Cc1ccc(CN2CCN(C(=O)OC(C)C(F)(F)F)CC2)c(OCCCC(=O)O)c1. The molecule has 0 saturated carbocycles. The van der Waals surface area contributed by atoms with Gasteiger partial charge in [-0.05, 0) is 160 Å². The van der Waals surface area contributed by atoms with Crippen molar-refractivity contribution in [3.63, 3.8) is 0 Å². The molecule has 4 amide bonds. The van der Waals surface area contributed by atoms with E-state index in [1.807, 2.05) is 95.0 Å². The van der Waals surface area contributed by atoms with Crippen molar-refractivity contribution < 1.29 is 139 Å². The molecule has 4 saturated heterocycles. The van der Waals surface area contributed by atoms with Gasteiger partial charge in [0.05, 0.1) is 19.8 Å². The van der Waals surface area contributed by atoms with E-state index in [-0.39, 0.29) is 57.6 Å². The Morgan fingerprint density at radius 3 is 0.984 bits per heavy atom. The van der Waals surface area contributed by atoms with E-state index in [9.17, 15) is 91.0 Å². The first-order valence-electron chi connectivity index (χ1n) is 41.6. The summed E-state index contributed by atoms with van der Waals surface area (Å²) < 4.78 is 191. The first kappa shape index (κ1) is 107. The Kier molecular flexibility index (Phi) is 43.6. The zero-order valence-corrected chi connectivity index (χ0v) is 73.7. The molecular weight excluding hydrogens is 1710 g/mol. The fourth-order valence-electron chi connectivity index (χ4n) is 12.5. The Morgan fingerprint density at radius 1 is 0.397 bits per heavy atom. The van der Waals surface area contributed by atoms with Crippen LogP contribution < -0.4 is 20.1 Å². The van der Waals surface area contributed by atoms with Gasteiger partial charge in [-0.3, -0.25) is 38.8 Å². The zero-order chi connectivity index (χ0) is 93.9. The van der Waals surface area contributed by atoms with E-state index in [2.05, 4.69) is 50.3 Å². The van der Waals surface area contributed by atoms with Gasteiger partial charge in [-0.15, -0.1) is 0 Å². The maximum absolute atomic E-state index is 12.6. The molecule has 708 valence electrons. The summed E-state index contributed by atoms with van der Waals surface area (Å²) in [5.74, 6) is -0.968. The van der Waals surface area contributed by atoms with Crippen LogP contribution in [0.2, 0.25) is 5.02 Å². The minimum atomic E-state index is -4.59. The largest absolute Gasteiger partial charge is 0.493 e. The summed E-state index contributed by atoms with van der Waals surface area (Å²) in [7, 11) is 0. The smallest absolute Gasteiger partial charge is 0.425 e. The number of aryl methyl sites for hydroxylation is 3. The van der Waals surface area contributed by atoms with Crippen LogP contribution in [0.3, 0.4) is 0 Å². The van der Waals surface area contributed by atoms with Gasteiger partial charge in [0, 0.05) is 197 Å². The molecule has 4 unspecified atom stereocenters. The van der Waals surface area contributed by atoms with Gasteiger partial charge in [0.2, 0.25) is 0 Å². The van der Waals surface area contributed by atoms with Crippen LogP contribution in [-0.4, -0.2) is 290 Å². The second kappa shape index (κ2) is 51.4. The summed E-state index contributed by atoms with van der Waals surface area (Å²) in [6.07, 6.45) is -27.9. The molecule has 4 aliphatic rings. The Hall–Kier alpha value is -9.67. The van der Waals surface area contributed by atoms with E-state index >= 15 is 0 Å². The minimum Gasteiger partial charge on any atom is -0.493 e. The number of rotatable bonds is 33. The van der Waals surface area contributed by atoms with Gasteiger partial charge >= 0.3 is 73.0 Å². The minimum absolute atomic E-state index is 0.000907. The highest BCUT2D eigenvalue weighted by Crippen LogP contribution is 2.32. The quantitative estimate of drug-likeness (QED) is 0.0149. The lowest BCUT2D eigenvalue weighted by Gasteiger charge is -2.35. The number of alkyl halides is 12. The molecule has 8 rings (SSSR count). The number of hydrogen-bond acceptors (Lipinski definition) is 22. The van der Waals surface area contributed by atoms with Crippen LogP contribution in [0.4, 0.5) is 83.2 Å². The third-order valence-corrected chi connectivity index (χ3v) is 20.1. The standard InChI is InChI=1S/C24H36F3N3O4.C22H32F3N3O4.C20H27F3N2O5.C19H24ClF3N2O5/c1-17-8-9-19(20(15-17)28-10-6-7-21(31)34-23(3,4)5)16-29-11-13-30(14-12-29)22(32)33-18(2)24(25,26)27;1-4-31-20(29)6-5-9-26-19-14-16(2)7-8-18(19)15-27-10-12-28(13-11-27)21(30)32-17(3)22(23,24)25;1-14-5-6-16(17(12-14)29-11-3-4-18(26)27)13-24-7-9-25(10-8-24)19(28)30-15(2)20(21,22)23;1-13(19(21,22)23)30-18(28)25-8-6-24(7-9-25)12-14-4-5-15(20)11-16(14)29-10-2-3-17(26)27/h8-9,15,18,28H,6-7,10-14,16H2,1-5H3;7-8,14,17,26H,4-6,9-13,15H2,1-3H3;5-6,12,15H,3-4,7-11,13H2,1-2H3,(H,26,27);4-5,11,13H,2-3,6-10,12H2,1H3,(H,26,27). The first-order valence-corrected chi connectivity index (χ1v) is 41.9. The number of hydrogen-bond donors (Lipinski definition) is 4. The third kappa shape index (κ3) is 40.5. The number of nitrogens with one attached hydrogen (secondary N) is 2. The van der Waals surface area contributed by atoms with Crippen molar-refractivity contribution in [3.05, 3.63) is 117 Å². The molecule has 0 spiro atoms. The topological polar surface area (TPSA) is 301 Å². The molecule has 0 bridgehead atoms. The van der Waals surface area contributed by atoms with Crippen LogP contribution in [0, 0.1) is 20.8 Å². The van der Waals surface area contributed by atoms with Crippen molar-refractivity contribution in [1.29, 1.82) is 0 Å². The van der Waals surface area contributed by atoms with Crippen molar-refractivity contribution in [2.75, 3.05) is 148 Å². The Labute approximate surface area is 731 Å². The van der Waals surface area contributed by atoms with Crippen LogP contribution in [-0.2, 0) is 73.8 Å². The summed E-state index contributed by atoms with van der Waals surface area (Å²) in [6.45, 7) is 27.2. The fourth-order valence-corrected chi connectivity index (χ4v) is 12.7. The number of amides is 4. The summed E-state index contributed by atoms with van der Waals surface area (Å²) in [5.41, 5.74) is 8.61. The van der Waals surface area contributed by atoms with Crippen molar-refractivity contribution in [2.24, 2.45) is 0 Å². The van der Waals surface area contributed by atoms with Gasteiger partial charge < -0.3 is 78.3 Å². The molecule has 0 aliphatic carbocycles. The van der Waals surface area contributed by atoms with E-state index in [1.54, 1.807) is 25.1 Å². The first-order chi connectivity index (χ1) is 59.0. The number of anilines is 2. The number of ether oxygens (including phenoxy) is 8. The summed E-state index contributed by atoms with van der Waals surface area (Å²) in [4.78, 5) is 106. The van der Waals surface area contributed by atoms with E-state index in [1.165, 1.54) is 19.6 Å². The average molecular weight is 1830 g/mol. The number of piperazine rings is 4. The predicted octanol–water partition coefficient (Wildman–Crippen LogP) is 15.9. The van der Waals surface area contributed by atoms with Gasteiger partial charge in [0.25, 0.3) is 0 Å². The number of nitrogens with zero attached hydrogens (tertiary/aromatic N) is 8. The Balaban J connectivity index is 0.000000298. The molecule has 4 aliphatic heterocycles. The highest BCUT2D eigenvalue weighted by atomic mass is 35.5. The van der Waals surface area contributed by atoms with Crippen LogP contribution in [0.15, 0.2) is 72.8 Å². The van der Waals surface area contributed by atoms with Gasteiger partial charge in [-0.25, -0.2) is 19.2 Å².